The zero-order chi connectivity index (χ0) is 17.8. The Morgan fingerprint density at radius 2 is 1.19 bits per heavy atom. The van der Waals surface area contributed by atoms with E-state index in [0.29, 0.717) is 13.0 Å². The molecule has 0 atom stereocenters. The highest BCUT2D eigenvalue weighted by Gasteiger charge is 2.26. The SMILES string of the molecule is O=C1CCN(Cc2ccccc2)c2ccccc2N1Cc1ccccc1. The van der Waals surface area contributed by atoms with E-state index in [0.717, 1.165) is 30.0 Å². The third-order valence-corrected chi connectivity index (χ3v) is 4.81. The third kappa shape index (κ3) is 3.47. The number of anilines is 2. The molecule has 0 saturated heterocycles. The largest absolute Gasteiger partial charge is 0.365 e. The molecule has 0 bridgehead atoms. The van der Waals surface area contributed by atoms with Crippen molar-refractivity contribution in [3.63, 3.8) is 0 Å². The number of benzene rings is 3. The number of hydrogen-bond acceptors (Lipinski definition) is 2. The summed E-state index contributed by atoms with van der Waals surface area (Å²) in [6.07, 6.45) is 0.522. The van der Waals surface area contributed by atoms with Crippen molar-refractivity contribution in [3.05, 3.63) is 96.1 Å². The number of para-hydroxylation sites is 2. The van der Waals surface area contributed by atoms with Crippen LogP contribution in [-0.2, 0) is 17.9 Å². The Kier molecular flexibility index (Phi) is 4.69. The molecule has 0 aromatic heterocycles. The van der Waals surface area contributed by atoms with Crippen LogP contribution in [0.3, 0.4) is 0 Å². The van der Waals surface area contributed by atoms with Gasteiger partial charge in [-0.2, -0.15) is 0 Å². The zero-order valence-corrected chi connectivity index (χ0v) is 14.7. The van der Waals surface area contributed by atoms with Crippen LogP contribution < -0.4 is 9.80 Å². The van der Waals surface area contributed by atoms with E-state index in [9.17, 15) is 4.79 Å². The summed E-state index contributed by atoms with van der Waals surface area (Å²) in [5.41, 5.74) is 4.52. The number of nitrogens with zero attached hydrogens (tertiary/aromatic N) is 2. The molecule has 0 unspecified atom stereocenters. The van der Waals surface area contributed by atoms with Crippen LogP contribution in [0.25, 0.3) is 0 Å². The summed E-state index contributed by atoms with van der Waals surface area (Å²) < 4.78 is 0. The van der Waals surface area contributed by atoms with E-state index in [1.165, 1.54) is 5.56 Å². The van der Waals surface area contributed by atoms with Gasteiger partial charge in [0.25, 0.3) is 0 Å². The van der Waals surface area contributed by atoms with Crippen LogP contribution in [0.5, 0.6) is 0 Å². The Balaban J connectivity index is 1.67. The smallest absolute Gasteiger partial charge is 0.229 e. The normalized spacial score (nSPS) is 14.1. The fraction of sp³-hybridized carbons (Fsp3) is 0.174. The van der Waals surface area contributed by atoms with Crippen molar-refractivity contribution in [2.75, 3.05) is 16.3 Å². The van der Waals surface area contributed by atoms with E-state index < -0.39 is 0 Å². The van der Waals surface area contributed by atoms with E-state index in [1.54, 1.807) is 0 Å². The number of amides is 1. The van der Waals surface area contributed by atoms with Gasteiger partial charge in [-0.05, 0) is 23.3 Å². The van der Waals surface area contributed by atoms with Gasteiger partial charge in [0.1, 0.15) is 0 Å². The maximum absolute atomic E-state index is 12.9. The van der Waals surface area contributed by atoms with Gasteiger partial charge in [-0.15, -0.1) is 0 Å². The maximum Gasteiger partial charge on any atom is 0.229 e. The lowest BCUT2D eigenvalue weighted by Gasteiger charge is -2.27. The fourth-order valence-corrected chi connectivity index (χ4v) is 3.49. The molecule has 0 radical (unpaired) electrons. The van der Waals surface area contributed by atoms with Crippen LogP contribution in [0.1, 0.15) is 17.5 Å². The first-order chi connectivity index (χ1) is 12.8. The van der Waals surface area contributed by atoms with Crippen molar-refractivity contribution < 1.29 is 4.79 Å². The monoisotopic (exact) mass is 342 g/mol. The topological polar surface area (TPSA) is 23.6 Å². The lowest BCUT2D eigenvalue weighted by atomic mass is 10.1. The Bertz CT molecular complexity index is 877. The van der Waals surface area contributed by atoms with Crippen LogP contribution in [0, 0.1) is 0 Å². The van der Waals surface area contributed by atoms with Gasteiger partial charge in [0.2, 0.25) is 5.91 Å². The molecule has 1 amide bonds. The van der Waals surface area contributed by atoms with Crippen LogP contribution in [-0.4, -0.2) is 12.5 Å². The van der Waals surface area contributed by atoms with Crippen LogP contribution >= 0.6 is 0 Å². The van der Waals surface area contributed by atoms with Gasteiger partial charge >= 0.3 is 0 Å². The van der Waals surface area contributed by atoms with E-state index in [4.69, 9.17) is 0 Å². The molecule has 0 aliphatic carbocycles. The van der Waals surface area contributed by atoms with Gasteiger partial charge in [-0.3, -0.25) is 4.79 Å². The Morgan fingerprint density at radius 3 is 1.85 bits per heavy atom. The molecule has 26 heavy (non-hydrogen) atoms. The number of hydrogen-bond donors (Lipinski definition) is 0. The minimum Gasteiger partial charge on any atom is -0.365 e. The first kappa shape index (κ1) is 16.4. The predicted molar refractivity (Wildman–Crippen MR) is 106 cm³/mol. The van der Waals surface area contributed by atoms with Gasteiger partial charge in [0, 0.05) is 19.5 Å². The predicted octanol–water partition coefficient (Wildman–Crippen LogP) is 4.63. The lowest BCUT2D eigenvalue weighted by molar-refractivity contribution is -0.118. The Morgan fingerprint density at radius 1 is 0.654 bits per heavy atom. The van der Waals surface area contributed by atoms with Gasteiger partial charge in [0.15, 0.2) is 0 Å². The van der Waals surface area contributed by atoms with Crippen molar-refractivity contribution in [1.82, 2.24) is 0 Å². The second-order valence-corrected chi connectivity index (χ2v) is 6.61. The second kappa shape index (κ2) is 7.44. The molecule has 3 aromatic rings. The van der Waals surface area contributed by atoms with Crippen molar-refractivity contribution in [1.29, 1.82) is 0 Å². The molecular weight excluding hydrogens is 320 g/mol. The molecule has 0 fully saturated rings. The zero-order valence-electron chi connectivity index (χ0n) is 14.7. The molecule has 3 nitrogen and oxygen atoms in total. The highest BCUT2D eigenvalue weighted by Crippen LogP contribution is 2.34. The minimum atomic E-state index is 0.178. The molecule has 1 aliphatic heterocycles. The summed E-state index contributed by atoms with van der Waals surface area (Å²) in [6, 6.07) is 28.8. The summed E-state index contributed by atoms with van der Waals surface area (Å²) in [5.74, 6) is 0.178. The minimum absolute atomic E-state index is 0.178. The number of carbonyl (C=O) groups excluding carboxylic acids is 1. The molecule has 1 heterocycles. The molecule has 0 saturated carbocycles. The molecule has 1 aliphatic rings. The highest BCUT2D eigenvalue weighted by molar-refractivity contribution is 5.98. The first-order valence-corrected chi connectivity index (χ1v) is 9.03. The molecular formula is C23H22N2O. The highest BCUT2D eigenvalue weighted by atomic mass is 16.2. The molecule has 0 spiro atoms. The van der Waals surface area contributed by atoms with Gasteiger partial charge in [-0.1, -0.05) is 72.8 Å². The lowest BCUT2D eigenvalue weighted by Crippen LogP contribution is -2.29. The van der Waals surface area contributed by atoms with E-state index in [-0.39, 0.29) is 5.91 Å². The number of carbonyl (C=O) groups is 1. The summed E-state index contributed by atoms with van der Waals surface area (Å²) in [6.45, 7) is 2.15. The number of fused-ring (bicyclic) bond motifs is 1. The standard InChI is InChI=1S/C23H22N2O/c26-23-15-16-24(17-19-9-3-1-4-10-19)21-13-7-8-14-22(21)25(23)18-20-11-5-2-6-12-20/h1-14H,15-18H2. The van der Waals surface area contributed by atoms with Crippen molar-refractivity contribution in [2.45, 2.75) is 19.5 Å². The summed E-state index contributed by atoms with van der Waals surface area (Å²) in [7, 11) is 0. The third-order valence-electron chi connectivity index (χ3n) is 4.81. The molecule has 0 N–H and O–H groups in total. The first-order valence-electron chi connectivity index (χ1n) is 9.03. The van der Waals surface area contributed by atoms with Crippen LogP contribution in [0.15, 0.2) is 84.9 Å². The van der Waals surface area contributed by atoms with E-state index >= 15 is 0 Å². The quantitative estimate of drug-likeness (QED) is 0.690. The molecule has 3 heteroatoms. The summed E-state index contributed by atoms with van der Waals surface area (Å²) in [4.78, 5) is 17.1. The Hall–Kier alpha value is -3.07. The van der Waals surface area contributed by atoms with Crippen LogP contribution in [0.2, 0.25) is 0 Å². The van der Waals surface area contributed by atoms with Gasteiger partial charge in [0.05, 0.1) is 17.9 Å². The van der Waals surface area contributed by atoms with Crippen molar-refractivity contribution in [3.8, 4) is 0 Å². The number of rotatable bonds is 4. The van der Waals surface area contributed by atoms with Crippen molar-refractivity contribution in [2.24, 2.45) is 0 Å². The molecule has 130 valence electrons. The molecule has 4 rings (SSSR count). The van der Waals surface area contributed by atoms with E-state index in [1.807, 2.05) is 41.3 Å². The second-order valence-electron chi connectivity index (χ2n) is 6.61. The van der Waals surface area contributed by atoms with E-state index in [2.05, 4.69) is 53.4 Å². The summed E-state index contributed by atoms with van der Waals surface area (Å²) >= 11 is 0. The average molecular weight is 342 g/mol. The fourth-order valence-electron chi connectivity index (χ4n) is 3.49. The van der Waals surface area contributed by atoms with Crippen LogP contribution in [0.4, 0.5) is 11.4 Å². The van der Waals surface area contributed by atoms with Gasteiger partial charge < -0.3 is 9.80 Å². The van der Waals surface area contributed by atoms with Gasteiger partial charge in [-0.25, -0.2) is 0 Å². The average Bonchev–Trinajstić information content (AvgIpc) is 2.82. The Labute approximate surface area is 154 Å². The van der Waals surface area contributed by atoms with Crippen molar-refractivity contribution >= 4 is 17.3 Å². The maximum atomic E-state index is 12.9. The summed E-state index contributed by atoms with van der Waals surface area (Å²) in [5, 5.41) is 0. The molecule has 3 aromatic carbocycles.